The van der Waals surface area contributed by atoms with Crippen molar-refractivity contribution in [3.63, 3.8) is 0 Å². The third kappa shape index (κ3) is 2.49. The molecule has 0 amide bonds. The molecule has 0 bridgehead atoms. The fraction of sp³-hybridized carbons (Fsp3) is 0. The standard InChI is InChI=1S/C6H4N2S.H2O/c7-5-9-6-3-1-2-4-8-6;/h1-4H;1H2. The Morgan fingerprint density at radius 3 is 2.80 bits per heavy atom. The zero-order chi connectivity index (χ0) is 6.53. The zero-order valence-electron chi connectivity index (χ0n) is 5.11. The predicted molar refractivity (Wildman–Crippen MR) is 39.3 cm³/mol. The van der Waals surface area contributed by atoms with E-state index in [0.717, 1.165) is 16.8 Å². The maximum absolute atomic E-state index is 8.19. The topological polar surface area (TPSA) is 68.2 Å². The van der Waals surface area contributed by atoms with Gasteiger partial charge in [-0.05, 0) is 12.1 Å². The summed E-state index contributed by atoms with van der Waals surface area (Å²) in [5.41, 5.74) is 0. The van der Waals surface area contributed by atoms with Crippen molar-refractivity contribution in [2.75, 3.05) is 0 Å². The van der Waals surface area contributed by atoms with Gasteiger partial charge in [-0.15, -0.1) is 0 Å². The van der Waals surface area contributed by atoms with E-state index in [-0.39, 0.29) is 5.48 Å². The van der Waals surface area contributed by atoms with Crippen LogP contribution in [0.15, 0.2) is 29.4 Å². The first-order valence-electron chi connectivity index (χ1n) is 2.40. The summed E-state index contributed by atoms with van der Waals surface area (Å²) < 4.78 is 0. The molecule has 1 rings (SSSR count). The van der Waals surface area contributed by atoms with E-state index in [4.69, 9.17) is 5.26 Å². The third-order valence-electron chi connectivity index (χ3n) is 0.788. The fourth-order valence-corrected chi connectivity index (χ4v) is 0.808. The summed E-state index contributed by atoms with van der Waals surface area (Å²) in [6, 6.07) is 5.47. The van der Waals surface area contributed by atoms with E-state index in [1.54, 1.807) is 12.3 Å². The van der Waals surface area contributed by atoms with Gasteiger partial charge >= 0.3 is 0 Å². The quantitative estimate of drug-likeness (QED) is 0.444. The van der Waals surface area contributed by atoms with Gasteiger partial charge in [-0.2, -0.15) is 5.26 Å². The summed E-state index contributed by atoms with van der Waals surface area (Å²) in [4.78, 5) is 3.91. The molecule has 0 atom stereocenters. The van der Waals surface area contributed by atoms with Gasteiger partial charge in [0.1, 0.15) is 10.4 Å². The van der Waals surface area contributed by atoms with Crippen molar-refractivity contribution in [3.05, 3.63) is 24.4 Å². The number of thiocyanates is 1. The lowest BCUT2D eigenvalue weighted by Gasteiger charge is -1.86. The average Bonchev–Trinajstić information content (AvgIpc) is 1.91. The van der Waals surface area contributed by atoms with Gasteiger partial charge in [0.05, 0.1) is 0 Å². The summed E-state index contributed by atoms with van der Waals surface area (Å²) in [6.07, 6.45) is 1.67. The Morgan fingerprint density at radius 1 is 1.50 bits per heavy atom. The van der Waals surface area contributed by atoms with E-state index in [9.17, 15) is 0 Å². The van der Waals surface area contributed by atoms with Gasteiger partial charge in [0.15, 0.2) is 0 Å². The van der Waals surface area contributed by atoms with Crippen LogP contribution in [0.3, 0.4) is 0 Å². The molecule has 1 aromatic heterocycles. The van der Waals surface area contributed by atoms with Crippen molar-refractivity contribution in [3.8, 4) is 5.40 Å². The lowest BCUT2D eigenvalue weighted by atomic mass is 10.5. The molecule has 0 saturated carbocycles. The summed E-state index contributed by atoms with van der Waals surface area (Å²) in [5.74, 6) is 0. The molecule has 0 spiro atoms. The molecule has 1 heterocycles. The maximum Gasteiger partial charge on any atom is 0.140 e. The third-order valence-corrected chi connectivity index (χ3v) is 1.33. The molecule has 52 valence electrons. The number of rotatable bonds is 1. The molecular weight excluding hydrogens is 148 g/mol. The van der Waals surface area contributed by atoms with Crippen LogP contribution in [0, 0.1) is 10.7 Å². The molecule has 0 radical (unpaired) electrons. The minimum absolute atomic E-state index is 0. The van der Waals surface area contributed by atoms with Gasteiger partial charge in [0.25, 0.3) is 0 Å². The molecular formula is C6H6N2OS. The van der Waals surface area contributed by atoms with E-state index in [0.29, 0.717) is 0 Å². The Balaban J connectivity index is 0.000000810. The number of nitriles is 1. The highest BCUT2D eigenvalue weighted by Gasteiger charge is 1.87. The van der Waals surface area contributed by atoms with Crippen LogP contribution >= 0.6 is 11.8 Å². The van der Waals surface area contributed by atoms with E-state index in [2.05, 4.69) is 4.98 Å². The number of aromatic nitrogens is 1. The zero-order valence-corrected chi connectivity index (χ0v) is 5.93. The van der Waals surface area contributed by atoms with Gasteiger partial charge in [-0.1, -0.05) is 6.07 Å². The Morgan fingerprint density at radius 2 is 2.30 bits per heavy atom. The van der Waals surface area contributed by atoms with Gasteiger partial charge in [0.2, 0.25) is 0 Å². The molecule has 0 aliphatic carbocycles. The first kappa shape index (κ1) is 8.95. The second-order valence-electron chi connectivity index (χ2n) is 1.36. The van der Waals surface area contributed by atoms with E-state index < -0.39 is 0 Å². The van der Waals surface area contributed by atoms with Crippen LogP contribution in [0.5, 0.6) is 0 Å². The molecule has 3 nitrogen and oxygen atoms in total. The highest BCUT2D eigenvalue weighted by molar-refractivity contribution is 8.03. The molecule has 10 heavy (non-hydrogen) atoms. The van der Waals surface area contributed by atoms with Crippen molar-refractivity contribution in [2.45, 2.75) is 5.03 Å². The molecule has 0 aliphatic rings. The molecule has 0 unspecified atom stereocenters. The fourth-order valence-electron chi connectivity index (χ4n) is 0.454. The SMILES string of the molecule is N#CSc1ccccn1.O. The van der Waals surface area contributed by atoms with Gasteiger partial charge < -0.3 is 5.48 Å². The smallest absolute Gasteiger partial charge is 0.140 e. The number of nitrogens with zero attached hydrogens (tertiary/aromatic N) is 2. The molecule has 0 aliphatic heterocycles. The largest absolute Gasteiger partial charge is 0.412 e. The van der Waals surface area contributed by atoms with Crippen molar-refractivity contribution in [1.29, 1.82) is 5.26 Å². The maximum atomic E-state index is 8.19. The molecule has 0 aromatic carbocycles. The van der Waals surface area contributed by atoms with Crippen molar-refractivity contribution >= 4 is 11.8 Å². The second kappa shape index (κ2) is 4.79. The summed E-state index contributed by atoms with van der Waals surface area (Å²) in [5, 5.41) is 10.9. The molecule has 1 aromatic rings. The summed E-state index contributed by atoms with van der Waals surface area (Å²) in [7, 11) is 0. The monoisotopic (exact) mass is 154 g/mol. The lowest BCUT2D eigenvalue weighted by molar-refractivity contribution is 0.824. The Labute approximate surface area is 63.0 Å². The Hall–Kier alpha value is -1.05. The van der Waals surface area contributed by atoms with Gasteiger partial charge in [0, 0.05) is 18.0 Å². The second-order valence-corrected chi connectivity index (χ2v) is 2.17. The number of thioether (sulfide) groups is 1. The van der Waals surface area contributed by atoms with Crippen LogP contribution in [0.2, 0.25) is 0 Å². The molecule has 0 fully saturated rings. The highest BCUT2D eigenvalue weighted by Crippen LogP contribution is 2.10. The van der Waals surface area contributed by atoms with Crippen LogP contribution in [-0.2, 0) is 0 Å². The Kier molecular flexibility index (Phi) is 4.29. The van der Waals surface area contributed by atoms with Crippen LogP contribution in [0.1, 0.15) is 0 Å². The number of hydrogen-bond acceptors (Lipinski definition) is 3. The average molecular weight is 154 g/mol. The number of pyridine rings is 1. The molecule has 0 saturated heterocycles. The van der Waals surface area contributed by atoms with Gasteiger partial charge in [-0.25, -0.2) is 4.98 Å². The predicted octanol–water partition coefficient (Wildman–Crippen LogP) is 0.830. The van der Waals surface area contributed by atoms with E-state index >= 15 is 0 Å². The van der Waals surface area contributed by atoms with Crippen molar-refractivity contribution < 1.29 is 5.48 Å². The normalized spacial score (nSPS) is 7.50. The summed E-state index contributed by atoms with van der Waals surface area (Å²) >= 11 is 1.07. The first-order valence-corrected chi connectivity index (χ1v) is 3.22. The lowest BCUT2D eigenvalue weighted by Crippen LogP contribution is -1.71. The number of hydrogen-bond donors (Lipinski definition) is 0. The van der Waals surface area contributed by atoms with Crippen molar-refractivity contribution in [1.82, 2.24) is 4.98 Å². The molecule has 2 N–H and O–H groups in total. The minimum atomic E-state index is 0. The van der Waals surface area contributed by atoms with Crippen LogP contribution in [0.4, 0.5) is 0 Å². The van der Waals surface area contributed by atoms with Crippen LogP contribution in [0.25, 0.3) is 0 Å². The van der Waals surface area contributed by atoms with E-state index in [1.807, 2.05) is 17.5 Å². The van der Waals surface area contributed by atoms with Crippen molar-refractivity contribution in [2.24, 2.45) is 0 Å². The van der Waals surface area contributed by atoms with Gasteiger partial charge in [-0.3, -0.25) is 0 Å². The minimum Gasteiger partial charge on any atom is -0.412 e. The van der Waals surface area contributed by atoms with Crippen LogP contribution in [-0.4, -0.2) is 10.5 Å². The molecule has 4 heteroatoms. The first-order chi connectivity index (χ1) is 4.43. The van der Waals surface area contributed by atoms with Crippen LogP contribution < -0.4 is 0 Å². The highest BCUT2D eigenvalue weighted by atomic mass is 32.2. The summed E-state index contributed by atoms with van der Waals surface area (Å²) in [6.45, 7) is 0. The Bertz CT molecular complexity index is 219. The van der Waals surface area contributed by atoms with E-state index in [1.165, 1.54) is 0 Å².